The van der Waals surface area contributed by atoms with Gasteiger partial charge in [0.1, 0.15) is 0 Å². The predicted molar refractivity (Wildman–Crippen MR) is 65.9 cm³/mol. The number of ether oxygens (including phenoxy) is 1. The van der Waals surface area contributed by atoms with Crippen molar-refractivity contribution >= 4 is 5.69 Å². The van der Waals surface area contributed by atoms with Gasteiger partial charge in [0.05, 0.1) is 11.0 Å². The zero-order valence-electron chi connectivity index (χ0n) is 10.2. The van der Waals surface area contributed by atoms with Crippen molar-refractivity contribution in [3.8, 4) is 0 Å². The normalized spacial score (nSPS) is 12.4. The van der Waals surface area contributed by atoms with E-state index in [4.69, 9.17) is 4.74 Å². The van der Waals surface area contributed by atoms with Crippen LogP contribution in [-0.2, 0) is 11.3 Å². The lowest BCUT2D eigenvalue weighted by Crippen LogP contribution is -2.26. The second-order valence-corrected chi connectivity index (χ2v) is 3.78. The molecule has 1 unspecified atom stereocenters. The maximum Gasteiger partial charge on any atom is 0.273 e. The Balaban J connectivity index is 2.49. The molecule has 1 aromatic rings. The van der Waals surface area contributed by atoms with Crippen LogP contribution in [0.4, 0.5) is 5.69 Å². The van der Waals surface area contributed by atoms with Gasteiger partial charge in [0.15, 0.2) is 0 Å². The molecule has 1 N–H and O–H groups in total. The highest BCUT2D eigenvalue weighted by Gasteiger charge is 2.11. The van der Waals surface area contributed by atoms with E-state index in [9.17, 15) is 10.1 Å². The number of nitro groups is 1. The number of hydrogen-bond acceptors (Lipinski definition) is 4. The van der Waals surface area contributed by atoms with E-state index in [1.165, 1.54) is 6.07 Å². The molecule has 0 heterocycles. The fraction of sp³-hybridized carbons (Fsp3) is 0.500. The molecule has 0 aliphatic rings. The van der Waals surface area contributed by atoms with E-state index in [-0.39, 0.29) is 16.7 Å². The molecule has 0 fully saturated rings. The Kier molecular flexibility index (Phi) is 5.59. The van der Waals surface area contributed by atoms with E-state index in [2.05, 4.69) is 5.32 Å². The molecule has 1 rings (SSSR count). The standard InChI is InChI=1S/C12H18N2O3/c1-3-17-10(2)8-13-9-11-6-4-5-7-12(11)14(15)16/h4-7,10,13H,3,8-9H2,1-2H3. The average molecular weight is 238 g/mol. The lowest BCUT2D eigenvalue weighted by molar-refractivity contribution is -0.385. The van der Waals surface area contributed by atoms with Crippen LogP contribution < -0.4 is 5.32 Å². The van der Waals surface area contributed by atoms with Gasteiger partial charge >= 0.3 is 0 Å². The van der Waals surface area contributed by atoms with Gasteiger partial charge < -0.3 is 10.1 Å². The van der Waals surface area contributed by atoms with Gasteiger partial charge in [-0.15, -0.1) is 0 Å². The van der Waals surface area contributed by atoms with Crippen LogP contribution in [0.1, 0.15) is 19.4 Å². The Morgan fingerprint density at radius 1 is 1.47 bits per heavy atom. The van der Waals surface area contributed by atoms with Crippen molar-refractivity contribution in [2.24, 2.45) is 0 Å². The number of nitrogens with zero attached hydrogens (tertiary/aromatic N) is 1. The molecule has 0 bridgehead atoms. The van der Waals surface area contributed by atoms with E-state index >= 15 is 0 Å². The fourth-order valence-electron chi connectivity index (χ4n) is 1.59. The van der Waals surface area contributed by atoms with Gasteiger partial charge in [0.25, 0.3) is 5.69 Å². The summed E-state index contributed by atoms with van der Waals surface area (Å²) in [5, 5.41) is 13.9. The molecule has 0 saturated heterocycles. The summed E-state index contributed by atoms with van der Waals surface area (Å²) in [5.41, 5.74) is 0.852. The minimum atomic E-state index is -0.358. The smallest absolute Gasteiger partial charge is 0.273 e. The van der Waals surface area contributed by atoms with Crippen molar-refractivity contribution in [2.75, 3.05) is 13.2 Å². The molecule has 5 nitrogen and oxygen atoms in total. The van der Waals surface area contributed by atoms with Crippen molar-refractivity contribution in [2.45, 2.75) is 26.5 Å². The first-order chi connectivity index (χ1) is 8.15. The summed E-state index contributed by atoms with van der Waals surface area (Å²) in [5.74, 6) is 0. The van der Waals surface area contributed by atoms with Gasteiger partial charge in [-0.1, -0.05) is 18.2 Å². The SMILES string of the molecule is CCOC(C)CNCc1ccccc1[N+](=O)[O-]. The van der Waals surface area contributed by atoms with Crippen molar-refractivity contribution in [3.63, 3.8) is 0 Å². The van der Waals surface area contributed by atoms with Crippen LogP contribution in [0.3, 0.4) is 0 Å². The summed E-state index contributed by atoms with van der Waals surface area (Å²) in [7, 11) is 0. The van der Waals surface area contributed by atoms with Gasteiger partial charge in [0.2, 0.25) is 0 Å². The minimum Gasteiger partial charge on any atom is -0.377 e. The number of para-hydroxylation sites is 1. The third kappa shape index (κ3) is 4.50. The molecule has 5 heteroatoms. The zero-order valence-corrected chi connectivity index (χ0v) is 10.2. The lowest BCUT2D eigenvalue weighted by atomic mass is 10.2. The molecule has 0 aliphatic heterocycles. The van der Waals surface area contributed by atoms with Crippen molar-refractivity contribution in [1.29, 1.82) is 0 Å². The minimum absolute atomic E-state index is 0.114. The van der Waals surface area contributed by atoms with E-state index in [1.807, 2.05) is 13.8 Å². The maximum absolute atomic E-state index is 10.8. The monoisotopic (exact) mass is 238 g/mol. The number of benzene rings is 1. The highest BCUT2D eigenvalue weighted by molar-refractivity contribution is 5.39. The molecule has 1 aromatic carbocycles. The first-order valence-electron chi connectivity index (χ1n) is 5.69. The Bertz CT molecular complexity index is 369. The lowest BCUT2D eigenvalue weighted by Gasteiger charge is -2.12. The van der Waals surface area contributed by atoms with Crippen molar-refractivity contribution in [1.82, 2.24) is 5.32 Å². The Labute approximate surface area is 101 Å². The Morgan fingerprint density at radius 2 is 2.18 bits per heavy atom. The summed E-state index contributed by atoms with van der Waals surface area (Å²) < 4.78 is 5.36. The number of nitrogens with one attached hydrogen (secondary N) is 1. The van der Waals surface area contributed by atoms with E-state index in [0.717, 1.165) is 0 Å². The molecule has 0 aliphatic carbocycles. The van der Waals surface area contributed by atoms with Gasteiger partial charge in [-0.2, -0.15) is 0 Å². The zero-order chi connectivity index (χ0) is 12.7. The van der Waals surface area contributed by atoms with Crippen LogP contribution in [-0.4, -0.2) is 24.2 Å². The van der Waals surface area contributed by atoms with Crippen molar-refractivity contribution < 1.29 is 9.66 Å². The molecule has 0 saturated carbocycles. The van der Waals surface area contributed by atoms with Gasteiger partial charge in [-0.05, 0) is 13.8 Å². The Hall–Kier alpha value is -1.46. The number of nitro benzene ring substituents is 1. The fourth-order valence-corrected chi connectivity index (χ4v) is 1.59. The summed E-state index contributed by atoms with van der Waals surface area (Å²) in [6.07, 6.45) is 0.114. The molecular formula is C12H18N2O3. The third-order valence-corrected chi connectivity index (χ3v) is 2.39. The van der Waals surface area contributed by atoms with Gasteiger partial charge in [-0.25, -0.2) is 0 Å². The molecule has 94 valence electrons. The highest BCUT2D eigenvalue weighted by Crippen LogP contribution is 2.16. The molecule has 0 aromatic heterocycles. The molecule has 1 atom stereocenters. The second-order valence-electron chi connectivity index (χ2n) is 3.78. The number of hydrogen-bond donors (Lipinski definition) is 1. The quantitative estimate of drug-likeness (QED) is 0.583. The van der Waals surface area contributed by atoms with Gasteiger partial charge in [-0.3, -0.25) is 10.1 Å². The summed E-state index contributed by atoms with van der Waals surface area (Å²) >= 11 is 0. The van der Waals surface area contributed by atoms with Crippen LogP contribution in [0.5, 0.6) is 0 Å². The molecule has 0 amide bonds. The van der Waals surface area contributed by atoms with Crippen molar-refractivity contribution in [3.05, 3.63) is 39.9 Å². The maximum atomic E-state index is 10.8. The van der Waals surface area contributed by atoms with E-state index in [0.29, 0.717) is 25.3 Å². The summed E-state index contributed by atoms with van der Waals surface area (Å²) in [4.78, 5) is 10.4. The second kappa shape index (κ2) is 6.98. The van der Waals surface area contributed by atoms with E-state index < -0.39 is 0 Å². The van der Waals surface area contributed by atoms with Gasteiger partial charge in [0, 0.05) is 31.3 Å². The third-order valence-electron chi connectivity index (χ3n) is 2.39. The predicted octanol–water partition coefficient (Wildman–Crippen LogP) is 2.11. The Morgan fingerprint density at radius 3 is 2.82 bits per heavy atom. The van der Waals surface area contributed by atoms with E-state index in [1.54, 1.807) is 18.2 Å². The highest BCUT2D eigenvalue weighted by atomic mass is 16.6. The van der Waals surface area contributed by atoms with Crippen LogP contribution in [0.2, 0.25) is 0 Å². The molecular weight excluding hydrogens is 220 g/mol. The summed E-state index contributed by atoms with van der Waals surface area (Å²) in [6, 6.07) is 6.75. The molecule has 0 spiro atoms. The first kappa shape index (κ1) is 13.6. The molecule has 0 radical (unpaired) electrons. The van der Waals surface area contributed by atoms with Crippen LogP contribution >= 0.6 is 0 Å². The van der Waals surface area contributed by atoms with Crippen LogP contribution in [0, 0.1) is 10.1 Å². The first-order valence-corrected chi connectivity index (χ1v) is 5.69. The number of rotatable bonds is 7. The van der Waals surface area contributed by atoms with Crippen LogP contribution in [0.25, 0.3) is 0 Å². The van der Waals surface area contributed by atoms with Crippen LogP contribution in [0.15, 0.2) is 24.3 Å². The average Bonchev–Trinajstić information content (AvgIpc) is 2.30. The topological polar surface area (TPSA) is 64.4 Å². The summed E-state index contributed by atoms with van der Waals surface area (Å²) in [6.45, 7) is 5.75. The molecule has 17 heavy (non-hydrogen) atoms. The largest absolute Gasteiger partial charge is 0.377 e.